The van der Waals surface area contributed by atoms with Gasteiger partial charge in [-0.1, -0.05) is 6.07 Å². The van der Waals surface area contributed by atoms with Crippen molar-refractivity contribution in [1.29, 1.82) is 0 Å². The van der Waals surface area contributed by atoms with Crippen LogP contribution in [0.4, 0.5) is 30.7 Å². The monoisotopic (exact) mass is 486 g/mol. The molecule has 0 amide bonds. The predicted octanol–water partition coefficient (Wildman–Crippen LogP) is 4.81. The highest BCUT2D eigenvalue weighted by atomic mass is 79.9. The number of hydrogen-bond donors (Lipinski definition) is 0. The SMILES string of the molecule is Fc1c(Br)ccc2c1OC[C@@H](F)[C@@]21CN2C=C(C(F)(F)F)C=C(OC(F)F)C2=N1. The van der Waals surface area contributed by atoms with Crippen molar-refractivity contribution in [1.82, 2.24) is 4.90 Å². The number of alkyl halides is 6. The van der Waals surface area contributed by atoms with Gasteiger partial charge in [0.1, 0.15) is 12.1 Å². The lowest BCUT2D eigenvalue weighted by molar-refractivity contribution is -0.0981. The first-order chi connectivity index (χ1) is 13.5. The summed E-state index contributed by atoms with van der Waals surface area (Å²) in [5.74, 6) is -2.40. The summed E-state index contributed by atoms with van der Waals surface area (Å²) in [7, 11) is 0. The molecular weight excluding hydrogens is 477 g/mol. The standard InChI is InChI=1S/C17H10BrF7N2O2/c18-9-2-1-8-13(12(9)20)28-5-11(19)16(8)6-27-4-7(17(23,24)25)3-10(14(27)26-16)29-15(21)22/h1-4,11,15H,5-6H2/t11-,16-/m1/s1. The molecule has 1 aromatic carbocycles. The summed E-state index contributed by atoms with van der Waals surface area (Å²) in [6.45, 7) is -4.52. The second-order valence-corrected chi connectivity index (χ2v) is 7.33. The van der Waals surface area contributed by atoms with Crippen molar-refractivity contribution in [3.05, 3.63) is 51.6 Å². The van der Waals surface area contributed by atoms with Crippen LogP contribution in [0.2, 0.25) is 0 Å². The first kappa shape index (κ1) is 20.0. The minimum atomic E-state index is -4.86. The van der Waals surface area contributed by atoms with Crippen LogP contribution in [-0.4, -0.2) is 42.8 Å². The average molecular weight is 487 g/mol. The molecule has 0 bridgehead atoms. The third kappa shape index (κ3) is 3.17. The maximum Gasteiger partial charge on any atom is 0.417 e. The van der Waals surface area contributed by atoms with E-state index in [4.69, 9.17) is 4.74 Å². The number of ether oxygens (including phenoxy) is 2. The van der Waals surface area contributed by atoms with Gasteiger partial charge in [0.15, 0.2) is 29.3 Å². The van der Waals surface area contributed by atoms with E-state index in [0.29, 0.717) is 12.3 Å². The van der Waals surface area contributed by atoms with Gasteiger partial charge in [-0.05, 0) is 28.1 Å². The number of hydrogen-bond acceptors (Lipinski definition) is 4. The van der Waals surface area contributed by atoms with Crippen LogP contribution in [0, 0.1) is 5.82 Å². The Hall–Kier alpha value is -2.24. The molecule has 0 aromatic heterocycles. The molecule has 156 valence electrons. The van der Waals surface area contributed by atoms with Gasteiger partial charge in [-0.25, -0.2) is 13.8 Å². The highest BCUT2D eigenvalue weighted by Crippen LogP contribution is 2.49. The molecule has 3 aliphatic heterocycles. The topological polar surface area (TPSA) is 34.1 Å². The first-order valence-electron chi connectivity index (χ1n) is 8.10. The largest absolute Gasteiger partial charge is 0.487 e. The van der Waals surface area contributed by atoms with E-state index in [1.165, 1.54) is 12.1 Å². The van der Waals surface area contributed by atoms with Gasteiger partial charge in [0, 0.05) is 11.8 Å². The Labute approximate surface area is 167 Å². The van der Waals surface area contributed by atoms with Crippen LogP contribution in [-0.2, 0) is 10.3 Å². The smallest absolute Gasteiger partial charge is 0.417 e. The van der Waals surface area contributed by atoms with Crippen LogP contribution in [0.1, 0.15) is 5.56 Å². The molecule has 29 heavy (non-hydrogen) atoms. The zero-order valence-corrected chi connectivity index (χ0v) is 15.7. The van der Waals surface area contributed by atoms with Gasteiger partial charge in [0.25, 0.3) is 0 Å². The minimum absolute atomic E-state index is 0.0351. The molecule has 3 aliphatic rings. The maximum absolute atomic E-state index is 15.0. The molecule has 0 aliphatic carbocycles. The molecule has 0 fully saturated rings. The zero-order chi connectivity index (χ0) is 21.1. The van der Waals surface area contributed by atoms with E-state index in [1.807, 2.05) is 0 Å². The summed E-state index contributed by atoms with van der Waals surface area (Å²) in [5.41, 5.74) is -3.17. The number of fused-ring (bicyclic) bond motifs is 3. The van der Waals surface area contributed by atoms with Gasteiger partial charge in [-0.3, -0.25) is 0 Å². The van der Waals surface area contributed by atoms with Crippen molar-refractivity contribution in [2.24, 2.45) is 4.99 Å². The second kappa shape index (κ2) is 6.64. The Morgan fingerprint density at radius 1 is 1.31 bits per heavy atom. The van der Waals surface area contributed by atoms with Crippen molar-refractivity contribution in [2.75, 3.05) is 13.2 Å². The molecule has 0 N–H and O–H groups in total. The molecule has 4 nitrogen and oxygen atoms in total. The van der Waals surface area contributed by atoms with Gasteiger partial charge in [-0.2, -0.15) is 22.0 Å². The lowest BCUT2D eigenvalue weighted by atomic mass is 9.84. The molecule has 0 saturated heterocycles. The molecule has 0 unspecified atom stereocenters. The average Bonchev–Trinajstić information content (AvgIpc) is 3.01. The molecule has 12 heteroatoms. The normalized spacial score (nSPS) is 25.9. The van der Waals surface area contributed by atoms with Gasteiger partial charge in [-0.15, -0.1) is 0 Å². The predicted molar refractivity (Wildman–Crippen MR) is 89.6 cm³/mol. The summed E-state index contributed by atoms with van der Waals surface area (Å²) >= 11 is 2.97. The molecule has 3 heterocycles. The van der Waals surface area contributed by atoms with Gasteiger partial charge in [0.05, 0.1) is 16.6 Å². The number of amidine groups is 1. The quantitative estimate of drug-likeness (QED) is 0.562. The number of aliphatic imine (C=N–C) groups is 1. The fourth-order valence-corrected chi connectivity index (χ4v) is 3.78. The van der Waals surface area contributed by atoms with E-state index < -0.39 is 60.6 Å². The van der Waals surface area contributed by atoms with E-state index in [-0.39, 0.29) is 15.8 Å². The fourth-order valence-electron chi connectivity index (χ4n) is 3.47. The molecule has 1 spiro atoms. The van der Waals surface area contributed by atoms with Gasteiger partial charge >= 0.3 is 12.8 Å². The van der Waals surface area contributed by atoms with Crippen molar-refractivity contribution < 1.29 is 40.2 Å². The van der Waals surface area contributed by atoms with Crippen LogP contribution < -0.4 is 4.74 Å². The summed E-state index contributed by atoms with van der Waals surface area (Å²) in [5, 5.41) is 0. The summed E-state index contributed by atoms with van der Waals surface area (Å²) < 4.78 is 104. The van der Waals surface area contributed by atoms with Crippen LogP contribution in [0.3, 0.4) is 0 Å². The van der Waals surface area contributed by atoms with E-state index >= 15 is 0 Å². The zero-order valence-electron chi connectivity index (χ0n) is 14.1. The van der Waals surface area contributed by atoms with E-state index in [1.54, 1.807) is 0 Å². The molecular formula is C17H10BrF7N2O2. The van der Waals surface area contributed by atoms with Crippen LogP contribution in [0.15, 0.2) is 45.2 Å². The number of rotatable bonds is 2. The Bertz CT molecular complexity index is 960. The summed E-state index contributed by atoms with van der Waals surface area (Å²) in [6, 6.07) is 2.60. The van der Waals surface area contributed by atoms with Gasteiger partial charge < -0.3 is 14.4 Å². The third-order valence-corrected chi connectivity index (χ3v) is 5.36. The van der Waals surface area contributed by atoms with Gasteiger partial charge in [0.2, 0.25) is 0 Å². The summed E-state index contributed by atoms with van der Waals surface area (Å²) in [6.07, 6.45) is -5.74. The number of benzene rings is 1. The van der Waals surface area contributed by atoms with Crippen LogP contribution in [0.5, 0.6) is 5.75 Å². The van der Waals surface area contributed by atoms with E-state index in [0.717, 1.165) is 4.90 Å². The van der Waals surface area contributed by atoms with Crippen molar-refractivity contribution in [3.8, 4) is 5.75 Å². The highest BCUT2D eigenvalue weighted by Gasteiger charge is 2.54. The molecule has 0 saturated carbocycles. The Kier molecular flexibility index (Phi) is 4.59. The molecule has 4 rings (SSSR count). The fraction of sp³-hybridized carbons (Fsp3) is 0.353. The lowest BCUT2D eigenvalue weighted by Gasteiger charge is -2.36. The van der Waals surface area contributed by atoms with Crippen molar-refractivity contribution in [2.45, 2.75) is 24.5 Å². The molecule has 1 aromatic rings. The second-order valence-electron chi connectivity index (χ2n) is 6.47. The van der Waals surface area contributed by atoms with Crippen molar-refractivity contribution in [3.63, 3.8) is 0 Å². The number of allylic oxidation sites excluding steroid dienone is 2. The minimum Gasteiger partial charge on any atom is -0.487 e. The maximum atomic E-state index is 15.0. The first-order valence-corrected chi connectivity index (χ1v) is 8.90. The van der Waals surface area contributed by atoms with E-state index in [2.05, 4.69) is 25.7 Å². The van der Waals surface area contributed by atoms with E-state index in [9.17, 15) is 30.7 Å². The Morgan fingerprint density at radius 2 is 2.03 bits per heavy atom. The van der Waals surface area contributed by atoms with Crippen molar-refractivity contribution >= 4 is 21.8 Å². The van der Waals surface area contributed by atoms with Crippen LogP contribution in [0.25, 0.3) is 0 Å². The molecule has 0 radical (unpaired) electrons. The van der Waals surface area contributed by atoms with Crippen LogP contribution >= 0.6 is 15.9 Å². The Morgan fingerprint density at radius 3 is 2.69 bits per heavy atom. The highest BCUT2D eigenvalue weighted by molar-refractivity contribution is 9.10. The Balaban J connectivity index is 1.87. The molecule has 2 atom stereocenters. The third-order valence-electron chi connectivity index (χ3n) is 4.74. The lowest BCUT2D eigenvalue weighted by Crippen LogP contribution is -2.46. The number of nitrogens with zero attached hydrogens (tertiary/aromatic N) is 2. The number of halogens is 8. The summed E-state index contributed by atoms with van der Waals surface area (Å²) in [4.78, 5) is 4.99.